The third-order valence-electron chi connectivity index (χ3n) is 7.54. The molecule has 0 spiro atoms. The summed E-state index contributed by atoms with van der Waals surface area (Å²) in [5.74, 6) is 0.791. The Morgan fingerprint density at radius 1 is 0.919 bits per heavy atom. The molecule has 2 aliphatic heterocycles. The van der Waals surface area contributed by atoms with E-state index in [1.807, 2.05) is 29.2 Å². The lowest BCUT2D eigenvalue weighted by atomic mass is 9.86. The van der Waals surface area contributed by atoms with Crippen molar-refractivity contribution in [2.75, 3.05) is 31.9 Å². The number of phenolic OH excluding ortho intramolecular Hbond substituents is 1. The fourth-order valence-electron chi connectivity index (χ4n) is 5.42. The van der Waals surface area contributed by atoms with Crippen LogP contribution in [0.3, 0.4) is 0 Å². The SMILES string of the molecule is N=C(c1ncccc1-c1ccccc1O)C1CCN(C(=O)C2CCN(Cc3cnc(N)nc3)CC2)CC1. The topological polar surface area (TPSA) is 132 Å². The third-order valence-corrected chi connectivity index (χ3v) is 7.54. The van der Waals surface area contributed by atoms with Gasteiger partial charge in [-0.15, -0.1) is 0 Å². The van der Waals surface area contributed by atoms with Crippen molar-refractivity contribution in [3.63, 3.8) is 0 Å². The van der Waals surface area contributed by atoms with Crippen molar-refractivity contribution in [2.45, 2.75) is 32.2 Å². The van der Waals surface area contributed by atoms with Crippen LogP contribution >= 0.6 is 0 Å². The normalized spacial score (nSPS) is 17.6. The van der Waals surface area contributed by atoms with Gasteiger partial charge >= 0.3 is 0 Å². The van der Waals surface area contributed by atoms with E-state index in [0.717, 1.165) is 56.4 Å². The second-order valence-electron chi connectivity index (χ2n) is 9.93. The summed E-state index contributed by atoms with van der Waals surface area (Å²) in [5.41, 5.74) is 9.13. The average Bonchev–Trinajstić information content (AvgIpc) is 2.94. The molecule has 3 aromatic rings. The van der Waals surface area contributed by atoms with E-state index in [1.165, 1.54) is 0 Å². The Labute approximate surface area is 216 Å². The number of pyridine rings is 1. The van der Waals surface area contributed by atoms with Crippen LogP contribution in [0.15, 0.2) is 55.0 Å². The molecular weight excluding hydrogens is 466 g/mol. The first kappa shape index (κ1) is 24.8. The van der Waals surface area contributed by atoms with Gasteiger partial charge in [0, 0.05) is 66.8 Å². The molecule has 192 valence electrons. The molecule has 0 radical (unpaired) electrons. The summed E-state index contributed by atoms with van der Waals surface area (Å²) in [5, 5.41) is 19.3. The lowest BCUT2D eigenvalue weighted by Gasteiger charge is -2.37. The Morgan fingerprint density at radius 2 is 1.57 bits per heavy atom. The number of aromatic nitrogens is 3. The first-order chi connectivity index (χ1) is 18.0. The average molecular weight is 500 g/mol. The highest BCUT2D eigenvalue weighted by Crippen LogP contribution is 2.33. The van der Waals surface area contributed by atoms with Gasteiger partial charge in [0.25, 0.3) is 0 Å². The standard InChI is InChI=1S/C28H33N7O2/c29-25(26-23(5-3-11-31-26)22-4-1-2-6-24(22)36)20-9-14-35(15-10-20)27(37)21-7-12-34(13-8-21)18-19-16-32-28(30)33-17-19/h1-6,11,16-17,20-21,29,36H,7-10,12-15,18H2,(H2,30,32,33). The van der Waals surface area contributed by atoms with Gasteiger partial charge < -0.3 is 21.1 Å². The number of carbonyl (C=O) groups excluding carboxylic acids is 1. The molecule has 5 rings (SSSR count). The molecule has 2 saturated heterocycles. The van der Waals surface area contributed by atoms with Crippen LogP contribution in [0.4, 0.5) is 5.95 Å². The van der Waals surface area contributed by atoms with Gasteiger partial charge in [0.2, 0.25) is 11.9 Å². The van der Waals surface area contributed by atoms with Gasteiger partial charge in [0.1, 0.15) is 5.75 Å². The second kappa shape index (κ2) is 11.0. The molecule has 1 aromatic carbocycles. The zero-order valence-corrected chi connectivity index (χ0v) is 20.9. The van der Waals surface area contributed by atoms with Crippen LogP contribution in [-0.2, 0) is 11.3 Å². The zero-order valence-electron chi connectivity index (χ0n) is 20.9. The first-order valence-corrected chi connectivity index (χ1v) is 12.9. The van der Waals surface area contributed by atoms with Crippen molar-refractivity contribution in [2.24, 2.45) is 11.8 Å². The number of carbonyl (C=O) groups is 1. The predicted molar refractivity (Wildman–Crippen MR) is 142 cm³/mol. The summed E-state index contributed by atoms with van der Waals surface area (Å²) in [6.07, 6.45) is 8.41. The molecular formula is C28H33N7O2. The number of nitrogens with one attached hydrogen (secondary N) is 1. The van der Waals surface area contributed by atoms with E-state index in [1.54, 1.807) is 30.7 Å². The largest absolute Gasteiger partial charge is 0.507 e. The number of piperidine rings is 2. The van der Waals surface area contributed by atoms with Crippen molar-refractivity contribution in [3.05, 3.63) is 66.2 Å². The molecule has 4 heterocycles. The van der Waals surface area contributed by atoms with Gasteiger partial charge in [-0.05, 0) is 50.9 Å². The number of anilines is 1. The van der Waals surface area contributed by atoms with E-state index < -0.39 is 0 Å². The number of nitrogen functional groups attached to an aromatic ring is 1. The predicted octanol–water partition coefficient (Wildman–Crippen LogP) is 3.35. The summed E-state index contributed by atoms with van der Waals surface area (Å²) in [7, 11) is 0. The van der Waals surface area contributed by atoms with Crippen LogP contribution in [0, 0.1) is 17.2 Å². The smallest absolute Gasteiger partial charge is 0.225 e. The fraction of sp³-hybridized carbons (Fsp3) is 0.393. The highest BCUT2D eigenvalue weighted by Gasteiger charge is 2.32. The van der Waals surface area contributed by atoms with Crippen molar-refractivity contribution in [1.82, 2.24) is 24.8 Å². The van der Waals surface area contributed by atoms with E-state index in [0.29, 0.717) is 30.1 Å². The number of aromatic hydroxyl groups is 1. The number of phenols is 1. The van der Waals surface area contributed by atoms with Crippen LogP contribution in [-0.4, -0.2) is 67.7 Å². The summed E-state index contributed by atoms with van der Waals surface area (Å²) in [6.45, 7) is 3.83. The van der Waals surface area contributed by atoms with Crippen LogP contribution in [0.25, 0.3) is 11.1 Å². The maximum atomic E-state index is 13.3. The van der Waals surface area contributed by atoms with Crippen LogP contribution in [0.2, 0.25) is 0 Å². The Bertz CT molecular complexity index is 1250. The van der Waals surface area contributed by atoms with E-state index >= 15 is 0 Å². The van der Waals surface area contributed by atoms with E-state index in [2.05, 4.69) is 19.9 Å². The van der Waals surface area contributed by atoms with Crippen molar-refractivity contribution < 1.29 is 9.90 Å². The molecule has 2 aliphatic rings. The molecule has 9 heteroatoms. The van der Waals surface area contributed by atoms with Gasteiger partial charge in [-0.1, -0.05) is 24.3 Å². The van der Waals surface area contributed by atoms with Crippen molar-refractivity contribution in [3.8, 4) is 16.9 Å². The quantitative estimate of drug-likeness (QED) is 0.443. The number of rotatable bonds is 6. The lowest BCUT2D eigenvalue weighted by molar-refractivity contribution is -0.138. The lowest BCUT2D eigenvalue weighted by Crippen LogP contribution is -2.46. The Kier molecular flexibility index (Phi) is 7.41. The minimum absolute atomic E-state index is 0.0348. The van der Waals surface area contributed by atoms with Gasteiger partial charge in [-0.2, -0.15) is 0 Å². The van der Waals surface area contributed by atoms with Crippen LogP contribution < -0.4 is 5.73 Å². The van der Waals surface area contributed by atoms with Crippen molar-refractivity contribution >= 4 is 17.6 Å². The van der Waals surface area contributed by atoms with Gasteiger partial charge in [0.05, 0.1) is 11.4 Å². The molecule has 37 heavy (non-hydrogen) atoms. The zero-order chi connectivity index (χ0) is 25.8. The first-order valence-electron chi connectivity index (χ1n) is 12.9. The molecule has 0 aliphatic carbocycles. The number of hydrogen-bond donors (Lipinski definition) is 3. The van der Waals surface area contributed by atoms with E-state index in [-0.39, 0.29) is 29.4 Å². The monoisotopic (exact) mass is 499 g/mol. The maximum absolute atomic E-state index is 13.3. The van der Waals surface area contributed by atoms with Gasteiger partial charge in [-0.3, -0.25) is 14.7 Å². The molecule has 0 bridgehead atoms. The number of likely N-dealkylation sites (tertiary alicyclic amines) is 2. The summed E-state index contributed by atoms with van der Waals surface area (Å²) < 4.78 is 0. The summed E-state index contributed by atoms with van der Waals surface area (Å²) in [6, 6.07) is 10.9. The molecule has 2 aromatic heterocycles. The highest BCUT2D eigenvalue weighted by atomic mass is 16.3. The number of hydrogen-bond acceptors (Lipinski definition) is 8. The summed E-state index contributed by atoms with van der Waals surface area (Å²) in [4.78, 5) is 30.2. The molecule has 9 nitrogen and oxygen atoms in total. The number of nitrogens with zero attached hydrogens (tertiary/aromatic N) is 5. The minimum Gasteiger partial charge on any atom is -0.507 e. The molecule has 4 N–H and O–H groups in total. The van der Waals surface area contributed by atoms with Gasteiger partial charge in [-0.25, -0.2) is 9.97 Å². The number of nitrogens with two attached hydrogens (primary N) is 1. The molecule has 1 amide bonds. The molecule has 2 fully saturated rings. The summed E-state index contributed by atoms with van der Waals surface area (Å²) >= 11 is 0. The number of amides is 1. The number of benzene rings is 1. The van der Waals surface area contributed by atoms with Crippen LogP contribution in [0.1, 0.15) is 36.9 Å². The van der Waals surface area contributed by atoms with Gasteiger partial charge in [0.15, 0.2) is 0 Å². The molecule has 0 saturated carbocycles. The van der Waals surface area contributed by atoms with E-state index in [4.69, 9.17) is 11.1 Å². The molecule has 0 unspecified atom stereocenters. The Morgan fingerprint density at radius 3 is 2.27 bits per heavy atom. The highest BCUT2D eigenvalue weighted by molar-refractivity contribution is 6.04. The van der Waals surface area contributed by atoms with E-state index in [9.17, 15) is 9.90 Å². The third kappa shape index (κ3) is 5.61. The second-order valence-corrected chi connectivity index (χ2v) is 9.93. The maximum Gasteiger partial charge on any atom is 0.225 e. The number of para-hydroxylation sites is 1. The minimum atomic E-state index is 0.0348. The van der Waals surface area contributed by atoms with Crippen molar-refractivity contribution in [1.29, 1.82) is 5.41 Å². The Balaban J connectivity index is 1.15. The molecule has 0 atom stereocenters. The fourth-order valence-corrected chi connectivity index (χ4v) is 5.42. The Hall–Kier alpha value is -3.85. The van der Waals surface area contributed by atoms with Crippen LogP contribution in [0.5, 0.6) is 5.75 Å².